The minimum atomic E-state index is -4.12. The molecule has 222 valence electrons. The third-order valence-electron chi connectivity index (χ3n) is 7.21. The predicted octanol–water partition coefficient (Wildman–Crippen LogP) is 6.36. The van der Waals surface area contributed by atoms with Gasteiger partial charge in [0, 0.05) is 35.3 Å². The van der Waals surface area contributed by atoms with E-state index in [1.165, 1.54) is 12.1 Å². The van der Waals surface area contributed by atoms with Crippen molar-refractivity contribution in [2.75, 3.05) is 19.8 Å². The van der Waals surface area contributed by atoms with Crippen molar-refractivity contribution in [2.24, 2.45) is 7.05 Å². The van der Waals surface area contributed by atoms with Gasteiger partial charge in [-0.2, -0.15) is 8.78 Å². The molecule has 0 saturated carbocycles. The van der Waals surface area contributed by atoms with Crippen LogP contribution in [-0.2, 0) is 20.2 Å². The molecule has 8 nitrogen and oxygen atoms in total. The number of aromatic carboxylic acids is 1. The first-order valence-electron chi connectivity index (χ1n) is 13.1. The summed E-state index contributed by atoms with van der Waals surface area (Å²) in [7, 11) is 1.66. The number of alkyl halides is 3. The van der Waals surface area contributed by atoms with Crippen LogP contribution in [0.5, 0.6) is 11.6 Å². The molecule has 0 atom stereocenters. The maximum absolute atomic E-state index is 14.1. The summed E-state index contributed by atoms with van der Waals surface area (Å²) in [5, 5.41) is 9.74. The van der Waals surface area contributed by atoms with Crippen molar-refractivity contribution in [3.63, 3.8) is 0 Å². The maximum atomic E-state index is 14.1. The Bertz CT molecular complexity index is 1610. The standard InChI is InChI=1S/C29H27ClF4N4O4/c1-37-23-11-19(28(39)40)12-24(42-29(33,34)16-31)27(23)36-25(37)14-38-9-7-17(8-10-38)22-3-2-4-26(35-22)41-15-18-5-6-20(30)13-21(18)32/h2-6,11-13,17H,7-10,14-16H2,1H3,(H,39,40). The molecule has 2 aromatic carbocycles. The van der Waals surface area contributed by atoms with Crippen molar-refractivity contribution in [2.45, 2.75) is 38.0 Å². The molecule has 1 aliphatic rings. The van der Waals surface area contributed by atoms with Crippen LogP contribution < -0.4 is 9.47 Å². The van der Waals surface area contributed by atoms with E-state index in [1.807, 2.05) is 12.1 Å². The van der Waals surface area contributed by atoms with E-state index in [2.05, 4.69) is 19.6 Å². The monoisotopic (exact) mass is 606 g/mol. The third-order valence-corrected chi connectivity index (χ3v) is 7.45. The lowest BCUT2D eigenvalue weighted by Gasteiger charge is -2.31. The molecule has 13 heteroatoms. The molecular formula is C29H27ClF4N4O4. The Balaban J connectivity index is 1.25. The number of carboxylic acid groups (broad SMARTS) is 1. The summed E-state index contributed by atoms with van der Waals surface area (Å²) >= 11 is 5.81. The first-order valence-corrected chi connectivity index (χ1v) is 13.5. The number of hydrogen-bond donors (Lipinski definition) is 1. The highest BCUT2D eigenvalue weighted by atomic mass is 35.5. The van der Waals surface area contributed by atoms with Crippen molar-refractivity contribution in [1.82, 2.24) is 19.4 Å². The number of benzene rings is 2. The molecule has 0 bridgehead atoms. The number of piperidine rings is 1. The second-order valence-corrected chi connectivity index (χ2v) is 10.5. The van der Waals surface area contributed by atoms with Gasteiger partial charge in [0.15, 0.2) is 12.4 Å². The van der Waals surface area contributed by atoms with Crippen molar-refractivity contribution in [1.29, 1.82) is 0 Å². The number of nitrogens with zero attached hydrogens (tertiary/aromatic N) is 4. The fraction of sp³-hybridized carbons (Fsp3) is 0.345. The van der Waals surface area contributed by atoms with Crippen molar-refractivity contribution in [3.8, 4) is 11.6 Å². The van der Waals surface area contributed by atoms with Crippen LogP contribution in [-0.4, -0.2) is 56.4 Å². The first kappa shape index (κ1) is 29.6. The van der Waals surface area contributed by atoms with Crippen LogP contribution in [0.15, 0.2) is 48.5 Å². The highest BCUT2D eigenvalue weighted by Crippen LogP contribution is 2.33. The van der Waals surface area contributed by atoms with E-state index in [9.17, 15) is 27.5 Å². The van der Waals surface area contributed by atoms with Gasteiger partial charge in [-0.15, -0.1) is 0 Å². The number of halogens is 5. The molecule has 0 aliphatic carbocycles. The van der Waals surface area contributed by atoms with Crippen molar-refractivity contribution >= 4 is 28.6 Å². The van der Waals surface area contributed by atoms with Crippen molar-refractivity contribution in [3.05, 3.63) is 82.0 Å². The van der Waals surface area contributed by atoms with Gasteiger partial charge in [0.05, 0.1) is 17.6 Å². The quantitative estimate of drug-likeness (QED) is 0.210. The van der Waals surface area contributed by atoms with Crippen molar-refractivity contribution < 1.29 is 36.9 Å². The van der Waals surface area contributed by atoms with Gasteiger partial charge >= 0.3 is 12.1 Å². The van der Waals surface area contributed by atoms with Gasteiger partial charge in [-0.25, -0.2) is 23.5 Å². The topological polar surface area (TPSA) is 89.7 Å². The average Bonchev–Trinajstić information content (AvgIpc) is 3.28. The number of ether oxygens (including phenoxy) is 2. The number of carboxylic acids is 1. The van der Waals surface area contributed by atoms with Gasteiger partial charge in [-0.3, -0.25) is 4.90 Å². The summed E-state index contributed by atoms with van der Waals surface area (Å²) in [6.07, 6.45) is -2.55. The Morgan fingerprint density at radius 1 is 1.14 bits per heavy atom. The van der Waals surface area contributed by atoms with Crippen LogP contribution in [0.1, 0.15) is 46.2 Å². The van der Waals surface area contributed by atoms with E-state index < -0.39 is 30.3 Å². The van der Waals surface area contributed by atoms with Gasteiger partial charge in [0.25, 0.3) is 0 Å². The lowest BCUT2D eigenvalue weighted by atomic mass is 9.93. The zero-order valence-electron chi connectivity index (χ0n) is 22.5. The summed E-state index contributed by atoms with van der Waals surface area (Å²) in [6.45, 7) is -0.281. The predicted molar refractivity (Wildman–Crippen MR) is 146 cm³/mol. The van der Waals surface area contributed by atoms with Crippen LogP contribution in [0.25, 0.3) is 11.0 Å². The Morgan fingerprint density at radius 2 is 1.90 bits per heavy atom. The average molecular weight is 607 g/mol. The lowest BCUT2D eigenvalue weighted by Crippen LogP contribution is -2.33. The molecule has 2 aromatic heterocycles. The second-order valence-electron chi connectivity index (χ2n) is 10.1. The highest BCUT2D eigenvalue weighted by molar-refractivity contribution is 6.30. The van der Waals surface area contributed by atoms with Gasteiger partial charge in [-0.1, -0.05) is 23.7 Å². The van der Waals surface area contributed by atoms with E-state index in [0.29, 0.717) is 41.9 Å². The first-order chi connectivity index (χ1) is 20.0. The fourth-order valence-electron chi connectivity index (χ4n) is 4.95. The number of hydrogen-bond acceptors (Lipinski definition) is 6. The highest BCUT2D eigenvalue weighted by Gasteiger charge is 2.34. The van der Waals surface area contributed by atoms with Crippen LogP contribution in [0.4, 0.5) is 17.6 Å². The summed E-state index contributed by atoms with van der Waals surface area (Å²) in [5.74, 6) is -1.21. The molecule has 1 aliphatic heterocycles. The summed E-state index contributed by atoms with van der Waals surface area (Å²) in [6, 6.07) is 12.1. The van der Waals surface area contributed by atoms with Gasteiger partial charge in [0.2, 0.25) is 5.88 Å². The number of pyridine rings is 1. The molecular weight excluding hydrogens is 580 g/mol. The van der Waals surface area contributed by atoms with E-state index >= 15 is 0 Å². The largest absolute Gasteiger partial charge is 0.478 e. The van der Waals surface area contributed by atoms with Crippen LogP contribution in [0.3, 0.4) is 0 Å². The Hall–Kier alpha value is -3.90. The molecule has 42 heavy (non-hydrogen) atoms. The Morgan fingerprint density at radius 3 is 2.60 bits per heavy atom. The van der Waals surface area contributed by atoms with Gasteiger partial charge < -0.3 is 19.1 Å². The van der Waals surface area contributed by atoms with Crippen LogP contribution in [0, 0.1) is 5.82 Å². The molecule has 3 heterocycles. The molecule has 1 fully saturated rings. The molecule has 0 unspecified atom stereocenters. The summed E-state index contributed by atoms with van der Waals surface area (Å²) in [5.41, 5.74) is 1.27. The molecule has 5 rings (SSSR count). The number of carbonyl (C=O) groups is 1. The zero-order chi connectivity index (χ0) is 30.0. The second kappa shape index (κ2) is 12.1. The Labute approximate surface area is 243 Å². The number of rotatable bonds is 10. The van der Waals surface area contributed by atoms with E-state index in [1.54, 1.807) is 29.8 Å². The lowest BCUT2D eigenvalue weighted by molar-refractivity contribution is -0.185. The molecule has 1 N–H and O–H groups in total. The normalized spacial score (nSPS) is 14.8. The van der Waals surface area contributed by atoms with Gasteiger partial charge in [-0.05, 0) is 56.3 Å². The minimum Gasteiger partial charge on any atom is -0.478 e. The molecule has 0 radical (unpaired) electrons. The maximum Gasteiger partial charge on any atom is 0.427 e. The van der Waals surface area contributed by atoms with E-state index in [-0.39, 0.29) is 29.1 Å². The zero-order valence-corrected chi connectivity index (χ0v) is 23.3. The summed E-state index contributed by atoms with van der Waals surface area (Å²) < 4.78 is 66.2. The van der Waals surface area contributed by atoms with Crippen LogP contribution >= 0.6 is 11.6 Å². The molecule has 4 aromatic rings. The number of fused-ring (bicyclic) bond motifs is 1. The summed E-state index contributed by atoms with van der Waals surface area (Å²) in [4.78, 5) is 22.8. The minimum absolute atomic E-state index is 0.0159. The van der Waals surface area contributed by atoms with Crippen LogP contribution in [0.2, 0.25) is 5.02 Å². The Kier molecular flexibility index (Phi) is 8.55. The van der Waals surface area contributed by atoms with E-state index in [0.717, 1.165) is 24.6 Å². The number of aromatic nitrogens is 3. The molecule has 0 spiro atoms. The number of aryl methyl sites for hydroxylation is 1. The smallest absolute Gasteiger partial charge is 0.427 e. The van der Waals surface area contributed by atoms with E-state index in [4.69, 9.17) is 16.3 Å². The fourth-order valence-corrected chi connectivity index (χ4v) is 5.11. The SMILES string of the molecule is Cn1c(CN2CCC(c3cccc(OCc4ccc(Cl)cc4F)n3)CC2)nc2c(OC(F)(F)CF)cc(C(=O)O)cc21. The molecule has 1 saturated heterocycles. The number of likely N-dealkylation sites (tertiary alicyclic amines) is 1. The molecule has 0 amide bonds. The third kappa shape index (κ3) is 6.60. The number of imidazole rings is 1. The van der Waals surface area contributed by atoms with Gasteiger partial charge in [0.1, 0.15) is 23.8 Å².